The zero-order valence-corrected chi connectivity index (χ0v) is 13.9. The maximum Gasteiger partial charge on any atom is 0.331 e. The van der Waals surface area contributed by atoms with Crippen LogP contribution in [0.5, 0.6) is 0 Å². The summed E-state index contributed by atoms with van der Waals surface area (Å²) in [5, 5.41) is 18.2. The lowest BCUT2D eigenvalue weighted by molar-refractivity contribution is -0.146. The molecular formula is C15H24N4O4. The minimum atomic E-state index is -1.21. The van der Waals surface area contributed by atoms with Gasteiger partial charge in [0.2, 0.25) is 11.8 Å². The summed E-state index contributed by atoms with van der Waals surface area (Å²) in [4.78, 5) is 34.5. The van der Waals surface area contributed by atoms with Crippen LogP contribution in [0, 0.1) is 5.92 Å². The number of anilines is 1. The maximum atomic E-state index is 11.8. The Bertz CT molecular complexity index is 578. The van der Waals surface area contributed by atoms with Crippen molar-refractivity contribution in [2.75, 3.05) is 11.9 Å². The van der Waals surface area contributed by atoms with E-state index in [9.17, 15) is 14.4 Å². The Morgan fingerprint density at radius 1 is 1.30 bits per heavy atom. The van der Waals surface area contributed by atoms with Gasteiger partial charge in [0.05, 0.1) is 18.4 Å². The molecule has 23 heavy (non-hydrogen) atoms. The Labute approximate surface area is 135 Å². The highest BCUT2D eigenvalue weighted by Gasteiger charge is 2.30. The molecule has 1 rings (SSSR count). The fraction of sp³-hybridized carbons (Fsp3) is 0.600. The number of carbonyl (C=O) groups excluding carboxylic acids is 2. The predicted molar refractivity (Wildman–Crippen MR) is 84.9 cm³/mol. The molecule has 0 saturated carbocycles. The molecule has 3 N–H and O–H groups in total. The van der Waals surface area contributed by atoms with Crippen LogP contribution in [0.1, 0.15) is 40.5 Å². The summed E-state index contributed by atoms with van der Waals surface area (Å²) in [7, 11) is 0. The van der Waals surface area contributed by atoms with Crippen molar-refractivity contribution in [3.05, 3.63) is 12.4 Å². The number of aliphatic carboxylic acids is 1. The smallest absolute Gasteiger partial charge is 0.331 e. The number of amides is 2. The van der Waals surface area contributed by atoms with Gasteiger partial charge in [0, 0.05) is 12.6 Å². The first-order valence-corrected chi connectivity index (χ1v) is 7.48. The number of aromatic nitrogens is 2. The Kier molecular flexibility index (Phi) is 6.29. The van der Waals surface area contributed by atoms with Crippen LogP contribution in [0.2, 0.25) is 0 Å². The van der Waals surface area contributed by atoms with Crippen molar-refractivity contribution in [3.63, 3.8) is 0 Å². The maximum absolute atomic E-state index is 11.8. The lowest BCUT2D eigenvalue weighted by Gasteiger charge is -2.19. The summed E-state index contributed by atoms with van der Waals surface area (Å²) in [6, 6.07) is 0. The highest BCUT2D eigenvalue weighted by molar-refractivity contribution is 5.94. The van der Waals surface area contributed by atoms with Crippen LogP contribution in [0.3, 0.4) is 0 Å². The molecule has 0 fully saturated rings. The third-order valence-corrected chi connectivity index (χ3v) is 3.36. The Morgan fingerprint density at radius 2 is 1.96 bits per heavy atom. The van der Waals surface area contributed by atoms with E-state index in [4.69, 9.17) is 5.11 Å². The summed E-state index contributed by atoms with van der Waals surface area (Å²) in [6.07, 6.45) is 3.95. The van der Waals surface area contributed by atoms with Gasteiger partial charge < -0.3 is 15.7 Å². The van der Waals surface area contributed by atoms with E-state index in [2.05, 4.69) is 15.7 Å². The molecule has 0 atom stereocenters. The van der Waals surface area contributed by atoms with Gasteiger partial charge in [0.15, 0.2) is 5.54 Å². The topological polar surface area (TPSA) is 113 Å². The van der Waals surface area contributed by atoms with Crippen LogP contribution in [-0.2, 0) is 19.9 Å². The summed E-state index contributed by atoms with van der Waals surface area (Å²) in [5.74, 6) is -1.17. The molecule has 0 aromatic carbocycles. The lowest BCUT2D eigenvalue weighted by Crippen LogP contribution is -2.36. The Morgan fingerprint density at radius 3 is 2.52 bits per heavy atom. The van der Waals surface area contributed by atoms with Gasteiger partial charge in [-0.25, -0.2) is 4.79 Å². The molecule has 0 spiro atoms. The number of nitrogens with zero attached hydrogens (tertiary/aromatic N) is 2. The minimum Gasteiger partial charge on any atom is -0.479 e. The first-order valence-electron chi connectivity index (χ1n) is 7.48. The molecule has 0 radical (unpaired) electrons. The second-order valence-electron chi connectivity index (χ2n) is 6.30. The van der Waals surface area contributed by atoms with Gasteiger partial charge in [-0.2, -0.15) is 5.10 Å². The first-order chi connectivity index (χ1) is 10.6. The van der Waals surface area contributed by atoms with Gasteiger partial charge >= 0.3 is 5.97 Å². The van der Waals surface area contributed by atoms with Crippen molar-refractivity contribution in [3.8, 4) is 0 Å². The van der Waals surface area contributed by atoms with E-state index in [1.54, 1.807) is 0 Å². The van der Waals surface area contributed by atoms with E-state index >= 15 is 0 Å². The van der Waals surface area contributed by atoms with Crippen molar-refractivity contribution >= 4 is 23.5 Å². The number of hydrogen-bond acceptors (Lipinski definition) is 4. The number of carboxylic acids is 1. The molecule has 1 aromatic rings. The highest BCUT2D eigenvalue weighted by Crippen LogP contribution is 2.17. The normalized spacial score (nSPS) is 11.3. The average molecular weight is 324 g/mol. The van der Waals surface area contributed by atoms with Crippen LogP contribution < -0.4 is 10.6 Å². The lowest BCUT2D eigenvalue weighted by atomic mass is 10.1. The highest BCUT2D eigenvalue weighted by atomic mass is 16.4. The minimum absolute atomic E-state index is 0.134. The van der Waals surface area contributed by atoms with Crippen LogP contribution in [-0.4, -0.2) is 39.2 Å². The van der Waals surface area contributed by atoms with Crippen LogP contribution >= 0.6 is 0 Å². The fourth-order valence-electron chi connectivity index (χ4n) is 1.68. The van der Waals surface area contributed by atoms with Gasteiger partial charge in [-0.05, 0) is 26.2 Å². The zero-order chi connectivity index (χ0) is 17.6. The molecule has 8 nitrogen and oxygen atoms in total. The average Bonchev–Trinajstić information content (AvgIpc) is 2.91. The molecule has 0 aliphatic heterocycles. The molecule has 1 heterocycles. The second kappa shape index (κ2) is 7.75. The van der Waals surface area contributed by atoms with Crippen LogP contribution in [0.15, 0.2) is 12.4 Å². The van der Waals surface area contributed by atoms with E-state index in [1.165, 1.54) is 30.9 Å². The van der Waals surface area contributed by atoms with E-state index in [1.807, 2.05) is 13.8 Å². The number of carboxylic acid groups (broad SMARTS) is 1. The van der Waals surface area contributed by atoms with E-state index < -0.39 is 17.4 Å². The fourth-order valence-corrected chi connectivity index (χ4v) is 1.68. The summed E-state index contributed by atoms with van der Waals surface area (Å²) >= 11 is 0. The third kappa shape index (κ3) is 5.72. The molecular weight excluding hydrogens is 300 g/mol. The molecule has 0 aliphatic carbocycles. The Hall–Kier alpha value is -2.38. The van der Waals surface area contributed by atoms with E-state index in [0.29, 0.717) is 18.0 Å². The molecule has 2 amide bonds. The largest absolute Gasteiger partial charge is 0.479 e. The molecule has 1 aromatic heterocycles. The second-order valence-corrected chi connectivity index (χ2v) is 6.30. The van der Waals surface area contributed by atoms with Gasteiger partial charge in [0.25, 0.3) is 0 Å². The standard InChI is InChI=1S/C15H24N4O4/c1-10(2)5-6-12(20)16-8-13(21)18-11-7-17-19(9-11)15(3,4)14(22)23/h7,9-10H,5-6,8H2,1-4H3,(H,16,20)(H,18,21)(H,22,23). The van der Waals surface area contributed by atoms with Crippen molar-refractivity contribution in [1.29, 1.82) is 0 Å². The van der Waals surface area contributed by atoms with E-state index in [0.717, 1.165) is 6.42 Å². The molecule has 0 bridgehead atoms. The number of nitrogens with one attached hydrogen (secondary N) is 2. The SMILES string of the molecule is CC(C)CCC(=O)NCC(=O)Nc1cnn(C(C)(C)C(=O)O)c1. The summed E-state index contributed by atoms with van der Waals surface area (Å²) < 4.78 is 1.26. The van der Waals surface area contributed by atoms with Crippen molar-refractivity contribution in [1.82, 2.24) is 15.1 Å². The van der Waals surface area contributed by atoms with Crippen molar-refractivity contribution in [2.24, 2.45) is 5.92 Å². The van der Waals surface area contributed by atoms with Gasteiger partial charge in [-0.15, -0.1) is 0 Å². The number of rotatable bonds is 8. The van der Waals surface area contributed by atoms with Crippen LogP contribution in [0.4, 0.5) is 5.69 Å². The number of carbonyl (C=O) groups is 3. The monoisotopic (exact) mass is 324 g/mol. The van der Waals surface area contributed by atoms with Crippen LogP contribution in [0.25, 0.3) is 0 Å². The molecule has 0 unspecified atom stereocenters. The molecule has 0 aliphatic rings. The third-order valence-electron chi connectivity index (χ3n) is 3.36. The first kappa shape index (κ1) is 18.7. The van der Waals surface area contributed by atoms with E-state index in [-0.39, 0.29) is 12.5 Å². The Balaban J connectivity index is 2.48. The summed E-state index contributed by atoms with van der Waals surface area (Å²) in [5.41, 5.74) is -0.839. The van der Waals surface area contributed by atoms with Crippen molar-refractivity contribution < 1.29 is 19.5 Å². The summed E-state index contributed by atoms with van der Waals surface area (Å²) in [6.45, 7) is 6.92. The van der Waals surface area contributed by atoms with Crippen molar-refractivity contribution in [2.45, 2.75) is 46.1 Å². The number of hydrogen-bond donors (Lipinski definition) is 3. The predicted octanol–water partition coefficient (Wildman–Crippen LogP) is 1.19. The molecule has 0 saturated heterocycles. The molecule has 8 heteroatoms. The molecule has 128 valence electrons. The quantitative estimate of drug-likeness (QED) is 0.665. The van der Waals surface area contributed by atoms with Gasteiger partial charge in [-0.3, -0.25) is 14.3 Å². The van der Waals surface area contributed by atoms with Gasteiger partial charge in [-0.1, -0.05) is 13.8 Å². The zero-order valence-electron chi connectivity index (χ0n) is 13.9. The van der Waals surface area contributed by atoms with Gasteiger partial charge in [0.1, 0.15) is 0 Å².